The molecule has 17 heavy (non-hydrogen) atoms. The van der Waals surface area contributed by atoms with E-state index >= 15 is 0 Å². The van der Waals surface area contributed by atoms with Crippen molar-refractivity contribution in [2.75, 3.05) is 13.1 Å². The quantitative estimate of drug-likeness (QED) is 0.754. The molecule has 0 spiro atoms. The van der Waals surface area contributed by atoms with Crippen LogP contribution in [0.4, 0.5) is 0 Å². The van der Waals surface area contributed by atoms with E-state index in [0.29, 0.717) is 18.5 Å². The Labute approximate surface area is 103 Å². The molecule has 1 fully saturated rings. The molecular weight excluding hydrogens is 214 g/mol. The topological polar surface area (TPSA) is 50.1 Å². The number of nitrogens with zero attached hydrogens (tertiary/aromatic N) is 2. The summed E-state index contributed by atoms with van der Waals surface area (Å²) in [6.45, 7) is 4.53. The molecule has 1 saturated carbocycles. The minimum Gasteiger partial charge on any atom is -0.390 e. The fourth-order valence-electron chi connectivity index (χ4n) is 2.52. The number of hydrogen-bond acceptors (Lipinski definition) is 3. The number of aromatic nitrogens is 2. The fourth-order valence-corrected chi connectivity index (χ4v) is 2.52. The van der Waals surface area contributed by atoms with Crippen molar-refractivity contribution in [2.45, 2.75) is 45.3 Å². The second-order valence-corrected chi connectivity index (χ2v) is 5.22. The van der Waals surface area contributed by atoms with Crippen molar-refractivity contribution >= 4 is 0 Å². The van der Waals surface area contributed by atoms with Crippen LogP contribution in [0.3, 0.4) is 0 Å². The second kappa shape index (κ2) is 5.65. The maximum Gasteiger partial charge on any atom is 0.0860 e. The van der Waals surface area contributed by atoms with Gasteiger partial charge in [-0.3, -0.25) is 4.68 Å². The molecule has 4 heteroatoms. The molecule has 1 unspecified atom stereocenters. The van der Waals surface area contributed by atoms with Gasteiger partial charge in [0.15, 0.2) is 0 Å². The maximum atomic E-state index is 9.86. The van der Waals surface area contributed by atoms with Gasteiger partial charge in [-0.15, -0.1) is 0 Å². The van der Waals surface area contributed by atoms with Crippen molar-refractivity contribution in [2.24, 2.45) is 5.41 Å². The normalized spacial score (nSPS) is 19.9. The molecule has 1 aliphatic rings. The van der Waals surface area contributed by atoms with Crippen molar-refractivity contribution in [1.82, 2.24) is 15.1 Å². The van der Waals surface area contributed by atoms with Crippen LogP contribution in [0.5, 0.6) is 0 Å². The van der Waals surface area contributed by atoms with E-state index in [1.807, 2.05) is 12.3 Å². The van der Waals surface area contributed by atoms with Gasteiger partial charge in [-0.2, -0.15) is 5.10 Å². The predicted molar refractivity (Wildman–Crippen MR) is 67.7 cm³/mol. The third-order valence-corrected chi connectivity index (χ3v) is 4.00. The van der Waals surface area contributed by atoms with E-state index in [1.165, 1.54) is 25.7 Å². The highest BCUT2D eigenvalue weighted by Crippen LogP contribution is 2.42. The summed E-state index contributed by atoms with van der Waals surface area (Å²) in [4.78, 5) is 0. The van der Waals surface area contributed by atoms with Crippen molar-refractivity contribution in [1.29, 1.82) is 0 Å². The summed E-state index contributed by atoms with van der Waals surface area (Å²) in [5.74, 6) is 0. The SMILES string of the molecule is CCC1(CNCC(O)Cn2cccn2)CCC1. The molecule has 1 heterocycles. The molecule has 2 N–H and O–H groups in total. The van der Waals surface area contributed by atoms with Crippen LogP contribution >= 0.6 is 0 Å². The Balaban J connectivity index is 1.64. The van der Waals surface area contributed by atoms with Gasteiger partial charge in [-0.05, 0) is 30.7 Å². The third kappa shape index (κ3) is 3.30. The summed E-state index contributed by atoms with van der Waals surface area (Å²) >= 11 is 0. The maximum absolute atomic E-state index is 9.86. The van der Waals surface area contributed by atoms with Crippen LogP contribution in [0.25, 0.3) is 0 Å². The predicted octanol–water partition coefficient (Wildman–Crippen LogP) is 1.41. The van der Waals surface area contributed by atoms with Crippen molar-refractivity contribution < 1.29 is 5.11 Å². The summed E-state index contributed by atoms with van der Waals surface area (Å²) in [5.41, 5.74) is 0.519. The molecule has 1 atom stereocenters. The van der Waals surface area contributed by atoms with Gasteiger partial charge in [0, 0.05) is 25.5 Å². The zero-order chi connectivity index (χ0) is 12.1. The molecule has 1 aromatic heterocycles. The molecule has 0 aromatic carbocycles. The summed E-state index contributed by atoms with van der Waals surface area (Å²) in [7, 11) is 0. The van der Waals surface area contributed by atoms with E-state index in [4.69, 9.17) is 0 Å². The van der Waals surface area contributed by atoms with Crippen molar-refractivity contribution in [3.8, 4) is 0 Å². The molecule has 2 rings (SSSR count). The molecule has 0 saturated heterocycles. The minimum absolute atomic E-state index is 0.358. The molecule has 0 bridgehead atoms. The molecule has 1 aliphatic carbocycles. The average molecular weight is 237 g/mol. The van der Waals surface area contributed by atoms with Crippen LogP contribution < -0.4 is 5.32 Å². The van der Waals surface area contributed by atoms with Crippen LogP contribution in [0.15, 0.2) is 18.5 Å². The van der Waals surface area contributed by atoms with Gasteiger partial charge in [0.25, 0.3) is 0 Å². The number of aliphatic hydroxyl groups is 1. The van der Waals surface area contributed by atoms with E-state index in [0.717, 1.165) is 6.54 Å². The van der Waals surface area contributed by atoms with Gasteiger partial charge >= 0.3 is 0 Å². The highest BCUT2D eigenvalue weighted by molar-refractivity contribution is 4.88. The van der Waals surface area contributed by atoms with Gasteiger partial charge in [-0.1, -0.05) is 13.3 Å². The molecule has 0 aliphatic heterocycles. The highest BCUT2D eigenvalue weighted by Gasteiger charge is 2.34. The molecule has 1 aromatic rings. The average Bonchev–Trinajstić information content (AvgIpc) is 2.75. The van der Waals surface area contributed by atoms with Gasteiger partial charge < -0.3 is 10.4 Å². The monoisotopic (exact) mass is 237 g/mol. The first-order valence-electron chi connectivity index (χ1n) is 6.60. The standard InChI is InChI=1S/C13H23N3O/c1-2-13(5-3-6-13)11-14-9-12(17)10-16-8-4-7-15-16/h4,7-8,12,14,17H,2-3,5-6,9-11H2,1H3. The van der Waals surface area contributed by atoms with E-state index in [-0.39, 0.29) is 6.10 Å². The summed E-state index contributed by atoms with van der Waals surface area (Å²) in [6, 6.07) is 1.88. The number of aliphatic hydroxyl groups excluding tert-OH is 1. The Kier molecular flexibility index (Phi) is 4.18. The van der Waals surface area contributed by atoms with Gasteiger partial charge in [0.05, 0.1) is 12.6 Å². The molecule has 0 amide bonds. The highest BCUT2D eigenvalue weighted by atomic mass is 16.3. The Bertz CT molecular complexity index is 314. The van der Waals surface area contributed by atoms with E-state index < -0.39 is 0 Å². The first-order chi connectivity index (χ1) is 8.24. The Morgan fingerprint density at radius 3 is 2.88 bits per heavy atom. The summed E-state index contributed by atoms with van der Waals surface area (Å²) < 4.78 is 1.77. The zero-order valence-electron chi connectivity index (χ0n) is 10.6. The van der Waals surface area contributed by atoms with E-state index in [9.17, 15) is 5.11 Å². The molecule has 96 valence electrons. The number of hydrogen-bond donors (Lipinski definition) is 2. The fraction of sp³-hybridized carbons (Fsp3) is 0.769. The zero-order valence-corrected chi connectivity index (χ0v) is 10.6. The first kappa shape index (κ1) is 12.6. The summed E-state index contributed by atoms with van der Waals surface area (Å²) in [6.07, 6.45) is 8.55. The van der Waals surface area contributed by atoms with Crippen molar-refractivity contribution in [3.05, 3.63) is 18.5 Å². The molecule has 0 radical (unpaired) electrons. The number of rotatable bonds is 7. The largest absolute Gasteiger partial charge is 0.390 e. The van der Waals surface area contributed by atoms with E-state index in [1.54, 1.807) is 10.9 Å². The lowest BCUT2D eigenvalue weighted by molar-refractivity contribution is 0.104. The Hall–Kier alpha value is -0.870. The Morgan fingerprint density at radius 1 is 1.53 bits per heavy atom. The number of nitrogens with one attached hydrogen (secondary N) is 1. The lowest BCUT2D eigenvalue weighted by Crippen LogP contribution is -2.42. The summed E-state index contributed by atoms with van der Waals surface area (Å²) in [5, 5.41) is 17.3. The van der Waals surface area contributed by atoms with Crippen LogP contribution in [0, 0.1) is 5.41 Å². The van der Waals surface area contributed by atoms with Crippen molar-refractivity contribution in [3.63, 3.8) is 0 Å². The first-order valence-corrected chi connectivity index (χ1v) is 6.60. The van der Waals surface area contributed by atoms with E-state index in [2.05, 4.69) is 17.3 Å². The van der Waals surface area contributed by atoms with Crippen LogP contribution in [-0.2, 0) is 6.54 Å². The van der Waals surface area contributed by atoms with Gasteiger partial charge in [0.2, 0.25) is 0 Å². The van der Waals surface area contributed by atoms with Crippen LogP contribution in [-0.4, -0.2) is 34.1 Å². The lowest BCUT2D eigenvalue weighted by Gasteiger charge is -2.41. The third-order valence-electron chi connectivity index (χ3n) is 4.00. The molecular formula is C13H23N3O. The van der Waals surface area contributed by atoms with Gasteiger partial charge in [0.1, 0.15) is 0 Å². The van der Waals surface area contributed by atoms with Crippen LogP contribution in [0.2, 0.25) is 0 Å². The van der Waals surface area contributed by atoms with Crippen LogP contribution in [0.1, 0.15) is 32.6 Å². The van der Waals surface area contributed by atoms with Gasteiger partial charge in [-0.25, -0.2) is 0 Å². The lowest BCUT2D eigenvalue weighted by atomic mass is 9.67. The second-order valence-electron chi connectivity index (χ2n) is 5.22. The molecule has 4 nitrogen and oxygen atoms in total. The minimum atomic E-state index is -0.358. The Morgan fingerprint density at radius 2 is 2.35 bits per heavy atom. The smallest absolute Gasteiger partial charge is 0.0860 e.